The second-order valence-corrected chi connectivity index (χ2v) is 18.4. The first-order chi connectivity index (χ1) is 32.1. The second-order valence-electron chi connectivity index (χ2n) is 17.0. The molecule has 0 aromatic rings. The lowest BCUT2D eigenvalue weighted by molar-refractivity contribution is -0.147. The van der Waals surface area contributed by atoms with Crippen molar-refractivity contribution in [2.45, 2.75) is 219 Å². The first-order valence-electron chi connectivity index (χ1n) is 25.6. The van der Waals surface area contributed by atoms with Crippen molar-refractivity contribution in [3.63, 3.8) is 0 Å². The van der Waals surface area contributed by atoms with Gasteiger partial charge in [0.2, 0.25) is 5.91 Å². The minimum atomic E-state index is -4.78. The monoisotopic (exact) mass is 946 g/mol. The van der Waals surface area contributed by atoms with E-state index >= 15 is 0 Å². The third-order valence-corrected chi connectivity index (χ3v) is 11.6. The number of carbonyl (C=O) groups excluding carboxylic acids is 2. The molecule has 0 bridgehead atoms. The van der Waals surface area contributed by atoms with Crippen molar-refractivity contribution in [3.8, 4) is 0 Å². The van der Waals surface area contributed by atoms with Crippen LogP contribution in [0.4, 0.5) is 0 Å². The number of phosphoric ester groups is 1. The summed E-state index contributed by atoms with van der Waals surface area (Å²) in [6, 6.07) is -1.58. The molecule has 0 saturated carbocycles. The highest BCUT2D eigenvalue weighted by Gasteiger charge is 2.28. The molecule has 0 saturated heterocycles. The van der Waals surface area contributed by atoms with E-state index in [1.807, 2.05) is 12.2 Å². The quantitative estimate of drug-likeness (QED) is 0.0199. The lowest BCUT2D eigenvalue weighted by Gasteiger charge is -2.18. The fraction of sp³-hybridized carbons (Fsp3) is 0.685. The summed E-state index contributed by atoms with van der Waals surface area (Å²) in [5, 5.41) is 21.9. The van der Waals surface area contributed by atoms with Gasteiger partial charge in [-0.1, -0.05) is 214 Å². The molecule has 0 rings (SSSR count). The van der Waals surface area contributed by atoms with Gasteiger partial charge in [-0.15, -0.1) is 0 Å². The van der Waals surface area contributed by atoms with Crippen molar-refractivity contribution in [3.05, 3.63) is 85.1 Å². The van der Waals surface area contributed by atoms with Gasteiger partial charge in [0.15, 0.2) is 6.04 Å². The number of unbranched alkanes of at least 4 members (excludes halogenated alkanes) is 19. The van der Waals surface area contributed by atoms with Crippen LogP contribution >= 0.6 is 7.82 Å². The van der Waals surface area contributed by atoms with Gasteiger partial charge in [-0.3, -0.25) is 18.6 Å². The predicted octanol–water partition coefficient (Wildman–Crippen LogP) is 14.2. The van der Waals surface area contributed by atoms with E-state index in [-0.39, 0.29) is 12.8 Å². The van der Waals surface area contributed by atoms with Crippen LogP contribution in [0, 0.1) is 0 Å². The topological polar surface area (TPSA) is 169 Å². The minimum absolute atomic E-state index is 0.0613. The molecule has 66 heavy (non-hydrogen) atoms. The number of allylic oxidation sites excluding steroid dienone is 14. The Hall–Kier alpha value is -3.34. The highest BCUT2D eigenvalue weighted by molar-refractivity contribution is 7.47. The molecule has 11 nitrogen and oxygen atoms in total. The Balaban J connectivity index is 3.94. The maximum Gasteiger partial charge on any atom is 0.472 e. The number of amides is 1. The van der Waals surface area contributed by atoms with E-state index in [2.05, 4.69) is 92.1 Å². The van der Waals surface area contributed by atoms with Crippen LogP contribution in [0.5, 0.6) is 0 Å². The van der Waals surface area contributed by atoms with Gasteiger partial charge in [0.05, 0.1) is 13.2 Å². The van der Waals surface area contributed by atoms with E-state index in [4.69, 9.17) is 13.8 Å². The summed E-state index contributed by atoms with van der Waals surface area (Å²) in [6.45, 7) is 2.46. The summed E-state index contributed by atoms with van der Waals surface area (Å²) in [6.07, 6.45) is 60.4. The van der Waals surface area contributed by atoms with Crippen molar-refractivity contribution in [1.82, 2.24) is 5.32 Å². The van der Waals surface area contributed by atoms with Gasteiger partial charge >= 0.3 is 19.8 Å². The molecule has 0 aliphatic heterocycles. The van der Waals surface area contributed by atoms with Crippen molar-refractivity contribution >= 4 is 25.7 Å². The number of aliphatic carboxylic acids is 1. The SMILES string of the molecule is CC/C=C\C/C=C\C/C=C\C/C=C\C/C=C\C/C=C\C/C=C\CCCC(=O)NC(COP(=O)(O)OCC(O)COC(=O)CCCCCCCCCCCCCCCCCCCCC)C(=O)O. The van der Waals surface area contributed by atoms with Gasteiger partial charge in [-0.05, 0) is 64.2 Å². The van der Waals surface area contributed by atoms with Gasteiger partial charge in [0, 0.05) is 12.8 Å². The van der Waals surface area contributed by atoms with E-state index in [1.165, 1.54) is 96.3 Å². The largest absolute Gasteiger partial charge is 0.480 e. The number of rotatable bonds is 47. The smallest absolute Gasteiger partial charge is 0.472 e. The van der Waals surface area contributed by atoms with Crippen molar-refractivity contribution in [2.75, 3.05) is 19.8 Å². The summed E-state index contributed by atoms with van der Waals surface area (Å²) < 4.78 is 26.9. The molecule has 0 aromatic carbocycles. The highest BCUT2D eigenvalue weighted by Crippen LogP contribution is 2.43. The number of nitrogens with one attached hydrogen (secondary N) is 1. The number of aliphatic hydroxyl groups excluding tert-OH is 1. The molecule has 0 fully saturated rings. The van der Waals surface area contributed by atoms with Crippen LogP contribution in [0.1, 0.15) is 206 Å². The average molecular weight is 946 g/mol. The lowest BCUT2D eigenvalue weighted by Crippen LogP contribution is -2.43. The molecule has 0 heterocycles. The molecular weight excluding hydrogens is 854 g/mol. The Kier molecular flexibility index (Phi) is 45.7. The lowest BCUT2D eigenvalue weighted by atomic mass is 10.0. The molecule has 0 aliphatic rings. The number of carbonyl (C=O) groups is 3. The molecule has 0 aliphatic carbocycles. The second kappa shape index (κ2) is 48.1. The third-order valence-electron chi connectivity index (χ3n) is 10.7. The number of carboxylic acids is 1. The summed E-state index contributed by atoms with van der Waals surface area (Å²) in [7, 11) is -4.78. The number of carboxylic acid groups (broad SMARTS) is 1. The van der Waals surface area contributed by atoms with E-state index in [9.17, 15) is 34.1 Å². The number of esters is 1. The third kappa shape index (κ3) is 47.2. The van der Waals surface area contributed by atoms with Crippen LogP contribution in [0.3, 0.4) is 0 Å². The summed E-state index contributed by atoms with van der Waals surface area (Å²) >= 11 is 0. The standard InChI is InChI=1S/C54H92NO10P/c1-3-5-7-9-11-13-15-17-19-21-23-24-25-26-28-29-31-33-35-37-39-41-43-45-52(57)55-51(54(59)60)49-65-66(61,62)64-48-50(56)47-63-53(58)46-44-42-40-38-36-34-32-30-27-22-20-18-16-14-12-10-8-6-4-2/h5,7,11,13,17,19,23-24,26,28,31,33,37,39,50-51,56H,3-4,6,8-10,12,14-16,18,20-22,25,27,29-30,32,34-36,38,40-49H2,1-2H3,(H,55,57)(H,59,60)(H,61,62)/b7-5-,13-11-,19-17-,24-23-,28-26-,33-31-,39-37-. The van der Waals surface area contributed by atoms with Crippen molar-refractivity contribution in [2.24, 2.45) is 0 Å². The minimum Gasteiger partial charge on any atom is -0.480 e. The summed E-state index contributed by atoms with van der Waals surface area (Å²) in [5.74, 6) is -2.46. The number of hydrogen-bond acceptors (Lipinski definition) is 8. The molecule has 4 N–H and O–H groups in total. The van der Waals surface area contributed by atoms with Gasteiger partial charge in [-0.25, -0.2) is 9.36 Å². The molecular formula is C54H92NO10P. The Bertz CT molecular complexity index is 1440. The zero-order valence-electron chi connectivity index (χ0n) is 41.2. The van der Waals surface area contributed by atoms with Crippen LogP contribution < -0.4 is 5.32 Å². The molecule has 0 aromatic heterocycles. The Morgan fingerprint density at radius 3 is 1.29 bits per heavy atom. The summed E-state index contributed by atoms with van der Waals surface area (Å²) in [4.78, 5) is 46.1. The molecule has 12 heteroatoms. The van der Waals surface area contributed by atoms with Crippen LogP contribution in [0.2, 0.25) is 0 Å². The summed E-state index contributed by atoms with van der Waals surface area (Å²) in [5.41, 5.74) is 0. The van der Waals surface area contributed by atoms with Crippen molar-refractivity contribution < 1.29 is 47.8 Å². The Labute approximate surface area is 401 Å². The number of ether oxygens (including phenoxy) is 1. The molecule has 378 valence electrons. The number of hydrogen-bond donors (Lipinski definition) is 4. The fourth-order valence-corrected chi connectivity index (χ4v) is 7.55. The van der Waals surface area contributed by atoms with Gasteiger partial charge in [-0.2, -0.15) is 0 Å². The van der Waals surface area contributed by atoms with Gasteiger partial charge < -0.3 is 25.2 Å². The van der Waals surface area contributed by atoms with E-state index in [0.29, 0.717) is 19.3 Å². The number of aliphatic hydroxyl groups is 1. The maximum atomic E-state index is 12.3. The van der Waals surface area contributed by atoms with Crippen LogP contribution in [-0.2, 0) is 32.7 Å². The predicted molar refractivity (Wildman–Crippen MR) is 272 cm³/mol. The van der Waals surface area contributed by atoms with Crippen molar-refractivity contribution in [1.29, 1.82) is 0 Å². The maximum absolute atomic E-state index is 12.3. The first kappa shape index (κ1) is 62.7. The molecule has 3 atom stereocenters. The van der Waals surface area contributed by atoms with E-state index in [1.54, 1.807) is 0 Å². The normalized spacial score (nSPS) is 14.2. The average Bonchev–Trinajstić information content (AvgIpc) is 3.29. The van der Waals surface area contributed by atoms with Crippen LogP contribution in [0.25, 0.3) is 0 Å². The van der Waals surface area contributed by atoms with Gasteiger partial charge in [0.25, 0.3) is 0 Å². The first-order valence-corrected chi connectivity index (χ1v) is 27.1. The highest BCUT2D eigenvalue weighted by atomic mass is 31.2. The Morgan fingerprint density at radius 1 is 0.500 bits per heavy atom. The molecule has 3 unspecified atom stereocenters. The molecule has 0 radical (unpaired) electrons. The van der Waals surface area contributed by atoms with Crippen LogP contribution in [-0.4, -0.2) is 64.9 Å². The Morgan fingerprint density at radius 2 is 0.879 bits per heavy atom. The van der Waals surface area contributed by atoms with Crippen LogP contribution in [0.15, 0.2) is 85.1 Å². The zero-order chi connectivity index (χ0) is 48.4. The van der Waals surface area contributed by atoms with E-state index in [0.717, 1.165) is 64.2 Å². The fourth-order valence-electron chi connectivity index (χ4n) is 6.78. The van der Waals surface area contributed by atoms with E-state index < -0.39 is 57.6 Å². The number of phosphoric acid groups is 1. The molecule has 0 spiro atoms. The molecule has 1 amide bonds. The van der Waals surface area contributed by atoms with Gasteiger partial charge in [0.1, 0.15) is 12.7 Å². The zero-order valence-corrected chi connectivity index (χ0v) is 42.1.